The molecule has 7 aliphatic carbocycles. The van der Waals surface area contributed by atoms with Crippen LogP contribution in [0, 0.1) is 35.5 Å². The van der Waals surface area contributed by atoms with Crippen molar-refractivity contribution < 1.29 is 0 Å². The summed E-state index contributed by atoms with van der Waals surface area (Å²) in [5.74, 6) is 2.45. The van der Waals surface area contributed by atoms with Crippen LogP contribution in [0.15, 0.2) is 187 Å². The summed E-state index contributed by atoms with van der Waals surface area (Å²) in [6, 6.07) is 18.6. The Morgan fingerprint density at radius 3 is 1.50 bits per heavy atom. The molecule has 46 heavy (non-hydrogen) atoms. The molecule has 0 radical (unpaired) electrons. The van der Waals surface area contributed by atoms with E-state index in [0.29, 0.717) is 35.5 Å². The molecule has 7 aliphatic rings. The zero-order chi connectivity index (χ0) is 30.5. The van der Waals surface area contributed by atoms with Crippen LogP contribution in [0.5, 0.6) is 0 Å². The van der Waals surface area contributed by atoms with E-state index in [1.807, 2.05) is 0 Å². The van der Waals surface area contributed by atoms with Gasteiger partial charge in [-0.1, -0.05) is 170 Å². The highest BCUT2D eigenvalue weighted by Gasteiger charge is 2.34. The Hall–Kier alpha value is -4.94. The third-order valence-electron chi connectivity index (χ3n) is 11.0. The first kappa shape index (κ1) is 27.4. The van der Waals surface area contributed by atoms with Crippen molar-refractivity contribution in [3.63, 3.8) is 0 Å². The molecule has 6 unspecified atom stereocenters. The van der Waals surface area contributed by atoms with Crippen molar-refractivity contribution in [1.82, 2.24) is 0 Å². The van der Waals surface area contributed by atoms with E-state index in [-0.39, 0.29) is 0 Å². The second-order valence-electron chi connectivity index (χ2n) is 13.4. The number of fused-ring (bicyclic) bond motifs is 4. The summed E-state index contributed by atoms with van der Waals surface area (Å²) in [4.78, 5) is 0. The average molecular weight is 591 g/mol. The van der Waals surface area contributed by atoms with E-state index in [0.717, 1.165) is 12.8 Å². The SMILES string of the molecule is C1=CC2C=CC=C(C3=CC=C(C4=c5ccccc5=C(c5ccc(C6=CC=CC7C=CC=CC67)cc5)C5C=CC=CC45)CC3)C2C=C1. The zero-order valence-corrected chi connectivity index (χ0v) is 26.0. The van der Waals surface area contributed by atoms with Gasteiger partial charge in [-0.3, -0.25) is 0 Å². The minimum atomic E-state index is 0.311. The average Bonchev–Trinajstić information content (AvgIpc) is 3.13. The Morgan fingerprint density at radius 2 is 0.848 bits per heavy atom. The van der Waals surface area contributed by atoms with Gasteiger partial charge in [0.05, 0.1) is 0 Å². The lowest BCUT2D eigenvalue weighted by molar-refractivity contribution is 0.621. The molecule has 0 N–H and O–H groups in total. The molecule has 9 rings (SSSR count). The predicted octanol–water partition coefficient (Wildman–Crippen LogP) is 9.22. The molecule has 6 atom stereocenters. The second-order valence-corrected chi connectivity index (χ2v) is 13.4. The molecule has 222 valence electrons. The van der Waals surface area contributed by atoms with E-state index in [9.17, 15) is 0 Å². The molecular weight excluding hydrogens is 553 g/mol. The Morgan fingerprint density at radius 1 is 0.370 bits per heavy atom. The molecule has 0 heterocycles. The van der Waals surface area contributed by atoms with Gasteiger partial charge in [-0.2, -0.15) is 0 Å². The maximum absolute atomic E-state index is 2.45. The monoisotopic (exact) mass is 590 g/mol. The number of allylic oxidation sites excluding steroid dienone is 24. The van der Waals surface area contributed by atoms with E-state index in [1.165, 1.54) is 55.0 Å². The molecule has 0 saturated heterocycles. The topological polar surface area (TPSA) is 0 Å². The van der Waals surface area contributed by atoms with Gasteiger partial charge >= 0.3 is 0 Å². The third-order valence-corrected chi connectivity index (χ3v) is 11.0. The summed E-state index contributed by atoms with van der Waals surface area (Å²) in [5.41, 5.74) is 11.5. The molecule has 0 fully saturated rings. The Balaban J connectivity index is 1.13. The van der Waals surface area contributed by atoms with E-state index in [4.69, 9.17) is 0 Å². The van der Waals surface area contributed by atoms with Gasteiger partial charge in [0, 0.05) is 35.5 Å². The van der Waals surface area contributed by atoms with E-state index in [1.54, 1.807) is 0 Å². The molecule has 0 bridgehead atoms. The summed E-state index contributed by atoms with van der Waals surface area (Å²) < 4.78 is 0. The first-order valence-corrected chi connectivity index (χ1v) is 17.0. The van der Waals surface area contributed by atoms with Crippen molar-refractivity contribution in [3.8, 4) is 0 Å². The minimum absolute atomic E-state index is 0.311. The van der Waals surface area contributed by atoms with Gasteiger partial charge < -0.3 is 0 Å². The number of hydrogen-bond donors (Lipinski definition) is 0. The van der Waals surface area contributed by atoms with Crippen LogP contribution in [0.1, 0.15) is 24.0 Å². The number of rotatable bonds is 4. The van der Waals surface area contributed by atoms with Gasteiger partial charge in [0.2, 0.25) is 0 Å². The van der Waals surface area contributed by atoms with E-state index < -0.39 is 0 Å². The molecule has 0 nitrogen and oxygen atoms in total. The van der Waals surface area contributed by atoms with Crippen molar-refractivity contribution >= 4 is 16.7 Å². The van der Waals surface area contributed by atoms with Crippen molar-refractivity contribution in [2.24, 2.45) is 35.5 Å². The van der Waals surface area contributed by atoms with Gasteiger partial charge in [-0.05, 0) is 67.8 Å². The van der Waals surface area contributed by atoms with Gasteiger partial charge in [-0.15, -0.1) is 0 Å². The lowest BCUT2D eigenvalue weighted by Gasteiger charge is -2.35. The van der Waals surface area contributed by atoms with Gasteiger partial charge in [0.1, 0.15) is 0 Å². The number of benzene rings is 2. The highest BCUT2D eigenvalue weighted by atomic mass is 14.4. The third kappa shape index (κ3) is 4.59. The summed E-state index contributed by atoms with van der Waals surface area (Å²) in [6.45, 7) is 0. The van der Waals surface area contributed by atoms with Crippen LogP contribution < -0.4 is 10.4 Å². The first-order valence-electron chi connectivity index (χ1n) is 17.0. The first-order chi connectivity index (χ1) is 22.8. The number of hydrogen-bond acceptors (Lipinski definition) is 0. The smallest absolute Gasteiger partial charge is 0.0137 e. The van der Waals surface area contributed by atoms with Crippen LogP contribution in [0.4, 0.5) is 0 Å². The van der Waals surface area contributed by atoms with Crippen molar-refractivity contribution in [2.45, 2.75) is 12.8 Å². The summed E-state index contributed by atoms with van der Waals surface area (Å²) in [6.07, 6.45) is 48.4. The van der Waals surface area contributed by atoms with Crippen molar-refractivity contribution in [3.05, 3.63) is 208 Å². The van der Waals surface area contributed by atoms with Crippen molar-refractivity contribution in [2.75, 3.05) is 0 Å². The van der Waals surface area contributed by atoms with Crippen LogP contribution in [-0.2, 0) is 0 Å². The van der Waals surface area contributed by atoms with Crippen LogP contribution in [-0.4, -0.2) is 0 Å². The second kappa shape index (κ2) is 11.5. The normalized spacial score (nSPS) is 29.7. The van der Waals surface area contributed by atoms with Gasteiger partial charge in [-0.25, -0.2) is 0 Å². The molecule has 0 aromatic heterocycles. The van der Waals surface area contributed by atoms with Crippen LogP contribution >= 0.6 is 0 Å². The molecule has 2 aromatic rings. The summed E-state index contributed by atoms with van der Waals surface area (Å²) >= 11 is 0. The van der Waals surface area contributed by atoms with Gasteiger partial charge in [0.25, 0.3) is 0 Å². The fourth-order valence-corrected chi connectivity index (χ4v) is 8.80. The highest BCUT2D eigenvalue weighted by molar-refractivity contribution is 5.82. The molecule has 2 aromatic carbocycles. The summed E-state index contributed by atoms with van der Waals surface area (Å²) in [5, 5.41) is 2.78. The minimum Gasteiger partial charge on any atom is -0.0767 e. The maximum Gasteiger partial charge on any atom is 0.0137 e. The Labute approximate surface area is 272 Å². The lowest BCUT2D eigenvalue weighted by atomic mass is 9.68. The van der Waals surface area contributed by atoms with Crippen molar-refractivity contribution in [1.29, 1.82) is 0 Å². The highest BCUT2D eigenvalue weighted by Crippen LogP contribution is 2.45. The van der Waals surface area contributed by atoms with E-state index in [2.05, 4.69) is 170 Å². The molecule has 0 amide bonds. The fourth-order valence-electron chi connectivity index (χ4n) is 8.80. The molecule has 0 aliphatic heterocycles. The van der Waals surface area contributed by atoms with E-state index >= 15 is 0 Å². The fraction of sp³-hybridized carbons (Fsp3) is 0.174. The molecule has 0 saturated carbocycles. The van der Waals surface area contributed by atoms with Gasteiger partial charge in [0.15, 0.2) is 0 Å². The Bertz CT molecular complexity index is 2100. The largest absolute Gasteiger partial charge is 0.0767 e. The zero-order valence-electron chi connectivity index (χ0n) is 26.0. The molecule has 0 spiro atoms. The Kier molecular flexibility index (Phi) is 6.81. The van der Waals surface area contributed by atoms with Crippen LogP contribution in [0.3, 0.4) is 0 Å². The summed E-state index contributed by atoms with van der Waals surface area (Å²) in [7, 11) is 0. The molecule has 0 heteroatoms. The predicted molar refractivity (Wildman–Crippen MR) is 194 cm³/mol. The maximum atomic E-state index is 2.45. The van der Waals surface area contributed by atoms with Crippen LogP contribution in [0.2, 0.25) is 0 Å². The molecular formula is C46H38. The lowest BCUT2D eigenvalue weighted by Crippen LogP contribution is -2.40. The standard InChI is InChI=1S/C46H38/c1-3-15-37-31(11-1)13-9-21-39(37)33-23-27-35(28-24-33)45-41-17-5-7-19-43(41)46(44-20-8-6-18-42(44)45)36-29-25-34(26-30-36)40-22-10-14-32-12-2-4-16-38(32)40/h1-25,27-29,31-32,37-38,41,43H,26,30H2. The van der Waals surface area contributed by atoms with Crippen LogP contribution in [0.25, 0.3) is 16.7 Å². The quantitative estimate of drug-likeness (QED) is 0.333.